The summed E-state index contributed by atoms with van der Waals surface area (Å²) < 4.78 is 8.31. The second-order valence-electron chi connectivity index (χ2n) is 10.4. The Morgan fingerprint density at radius 1 is 0.619 bits per heavy atom. The minimum atomic E-state index is -0.376. The Morgan fingerprint density at radius 3 is 2.17 bits per heavy atom. The van der Waals surface area contributed by atoms with Crippen LogP contribution in [0.25, 0.3) is 42.4 Å². The van der Waals surface area contributed by atoms with Crippen LogP contribution in [0.5, 0.6) is 0 Å². The van der Waals surface area contributed by atoms with Gasteiger partial charge in [-0.15, -0.1) is 16.4 Å². The van der Waals surface area contributed by atoms with Crippen LogP contribution in [0.4, 0.5) is 0 Å². The highest BCUT2D eigenvalue weighted by Crippen LogP contribution is 2.37. The summed E-state index contributed by atoms with van der Waals surface area (Å²) in [6.45, 7) is 0. The number of nitrogens with zero attached hydrogens (tertiary/aromatic N) is 2. The first-order valence-corrected chi connectivity index (χ1v) is 14.8. The zero-order valence-electron chi connectivity index (χ0n) is 22.6. The van der Waals surface area contributed by atoms with Gasteiger partial charge in [-0.2, -0.15) is 0 Å². The van der Waals surface area contributed by atoms with Crippen molar-refractivity contribution < 1.29 is 4.74 Å². The van der Waals surface area contributed by atoms with E-state index in [1.165, 1.54) is 43.3 Å². The first-order valence-electron chi connectivity index (χ1n) is 14.0. The van der Waals surface area contributed by atoms with Crippen molar-refractivity contribution in [1.29, 1.82) is 0 Å². The van der Waals surface area contributed by atoms with Gasteiger partial charge in [0.2, 0.25) is 6.23 Å². The Morgan fingerprint density at radius 2 is 1.33 bits per heavy atom. The fourth-order valence-electron chi connectivity index (χ4n) is 5.67. The summed E-state index contributed by atoms with van der Waals surface area (Å²) in [6.07, 6.45) is 3.16. The lowest BCUT2D eigenvalue weighted by Crippen LogP contribution is -2.38. The molecule has 6 aromatic rings. The predicted molar refractivity (Wildman–Crippen MR) is 174 cm³/mol. The highest BCUT2D eigenvalue weighted by atomic mass is 32.1. The van der Waals surface area contributed by atoms with Gasteiger partial charge in [-0.3, -0.25) is 10.4 Å². The summed E-state index contributed by atoms with van der Waals surface area (Å²) in [5, 5.41) is 10.1. The van der Waals surface area contributed by atoms with Crippen molar-refractivity contribution in [1.82, 2.24) is 10.7 Å². The topological polar surface area (TPSA) is 58.0 Å². The van der Waals surface area contributed by atoms with Gasteiger partial charge >= 0.3 is 0 Å². The zero-order chi connectivity index (χ0) is 27.9. The summed E-state index contributed by atoms with van der Waals surface area (Å²) >= 11 is 1.85. The molecule has 0 amide bonds. The average molecular weight is 563 g/mol. The van der Waals surface area contributed by atoms with E-state index in [2.05, 4.69) is 125 Å². The third-order valence-electron chi connectivity index (χ3n) is 7.77. The molecule has 5 nitrogen and oxygen atoms in total. The van der Waals surface area contributed by atoms with E-state index in [-0.39, 0.29) is 12.3 Å². The summed E-state index contributed by atoms with van der Waals surface area (Å²) in [5.74, 6) is 0.805. The molecule has 5 aromatic carbocycles. The molecule has 1 aromatic heterocycles. The molecule has 42 heavy (non-hydrogen) atoms. The highest BCUT2D eigenvalue weighted by molar-refractivity contribution is 7.25. The van der Waals surface area contributed by atoms with Crippen molar-refractivity contribution in [3.05, 3.63) is 144 Å². The van der Waals surface area contributed by atoms with Crippen LogP contribution in [-0.4, -0.2) is 18.5 Å². The number of thiophene rings is 1. The predicted octanol–water partition coefficient (Wildman–Crippen LogP) is 8.25. The molecule has 0 fully saturated rings. The molecule has 2 atom stereocenters. The fourth-order valence-corrected chi connectivity index (χ4v) is 6.76. The van der Waals surface area contributed by atoms with Crippen molar-refractivity contribution in [2.75, 3.05) is 0 Å². The molecule has 0 spiro atoms. The van der Waals surface area contributed by atoms with E-state index in [0.717, 1.165) is 28.2 Å². The van der Waals surface area contributed by atoms with Crippen LogP contribution < -0.4 is 10.7 Å². The number of ether oxygens (including phenoxy) is 1. The maximum absolute atomic E-state index is 5.67. The number of hydrazone groups is 1. The Bertz CT molecular complexity index is 2030. The number of fused-ring (bicyclic) bond motifs is 3. The quantitative estimate of drug-likeness (QED) is 0.222. The fraction of sp³-hybridized carbons (Fsp3) is 0.0556. The van der Waals surface area contributed by atoms with Gasteiger partial charge in [0.25, 0.3) is 0 Å². The van der Waals surface area contributed by atoms with E-state index < -0.39 is 0 Å². The summed E-state index contributed by atoms with van der Waals surface area (Å²) in [5.41, 5.74) is 10.8. The highest BCUT2D eigenvalue weighted by Gasteiger charge is 2.26. The molecule has 0 saturated carbocycles. The molecule has 0 saturated heterocycles. The van der Waals surface area contributed by atoms with Crippen molar-refractivity contribution in [3.63, 3.8) is 0 Å². The van der Waals surface area contributed by atoms with E-state index >= 15 is 0 Å². The largest absolute Gasteiger partial charge is 0.451 e. The second-order valence-corrected chi connectivity index (χ2v) is 11.5. The molecule has 0 radical (unpaired) electrons. The van der Waals surface area contributed by atoms with Crippen LogP contribution in [0.2, 0.25) is 0 Å². The van der Waals surface area contributed by atoms with Crippen LogP contribution >= 0.6 is 11.3 Å². The van der Waals surface area contributed by atoms with E-state index in [1.807, 2.05) is 29.5 Å². The molecule has 8 rings (SSSR count). The minimum absolute atomic E-state index is 0.181. The Balaban J connectivity index is 1.15. The Kier molecular flexibility index (Phi) is 6.04. The number of amidine groups is 1. The number of nitrogens with one attached hydrogen (secondary N) is 2. The molecule has 2 N–H and O–H groups in total. The van der Waals surface area contributed by atoms with Crippen molar-refractivity contribution in [2.45, 2.75) is 12.3 Å². The van der Waals surface area contributed by atoms with Gasteiger partial charge in [0, 0.05) is 25.7 Å². The number of aliphatic imine (C=N–C) groups is 1. The summed E-state index contributed by atoms with van der Waals surface area (Å²) in [4.78, 5) is 5.10. The Labute approximate surface area is 247 Å². The Hall–Kier alpha value is -5.20. The summed E-state index contributed by atoms with van der Waals surface area (Å²) in [7, 11) is 0. The third-order valence-corrected chi connectivity index (χ3v) is 8.93. The second kappa shape index (κ2) is 10.3. The van der Waals surface area contributed by atoms with Gasteiger partial charge in [-0.1, -0.05) is 91.0 Å². The van der Waals surface area contributed by atoms with Gasteiger partial charge in [0.05, 0.1) is 11.7 Å². The molecule has 2 aliphatic heterocycles. The molecule has 6 heteroatoms. The average Bonchev–Trinajstić information content (AvgIpc) is 3.74. The zero-order valence-corrected chi connectivity index (χ0v) is 23.4. The smallest absolute Gasteiger partial charge is 0.226 e. The molecule has 3 heterocycles. The molecular weight excluding hydrogens is 536 g/mol. The molecule has 0 aliphatic carbocycles. The molecule has 2 unspecified atom stereocenters. The maximum atomic E-state index is 5.67. The van der Waals surface area contributed by atoms with Crippen molar-refractivity contribution >= 4 is 43.7 Å². The van der Waals surface area contributed by atoms with E-state index in [4.69, 9.17) is 9.73 Å². The number of hydrogen-bond acceptors (Lipinski definition) is 6. The van der Waals surface area contributed by atoms with E-state index in [9.17, 15) is 0 Å². The van der Waals surface area contributed by atoms with Crippen LogP contribution in [0.1, 0.15) is 17.2 Å². The number of rotatable bonds is 5. The van der Waals surface area contributed by atoms with Crippen molar-refractivity contribution in [2.24, 2.45) is 10.1 Å². The third kappa shape index (κ3) is 4.52. The number of benzene rings is 5. The van der Waals surface area contributed by atoms with Crippen LogP contribution in [0, 0.1) is 0 Å². The molecular formula is C36H26N4OS. The van der Waals surface area contributed by atoms with Crippen LogP contribution in [-0.2, 0) is 4.74 Å². The van der Waals surface area contributed by atoms with Crippen LogP contribution in [0.15, 0.2) is 143 Å². The summed E-state index contributed by atoms with van der Waals surface area (Å²) in [6, 6.07) is 42.9. The van der Waals surface area contributed by atoms with Gasteiger partial charge in [-0.05, 0) is 64.2 Å². The standard InChI is InChI=1S/C36H26N4OS/c1-2-8-23(9-3-1)35-38-31(21-32(39-35)36-40-37-22-41-36)28-13-7-12-26(19-28)24-10-6-11-25(18-24)27-16-17-34-30(20-27)29-14-4-5-15-33(29)42-34/h1-22,31,36,40H,(H,38,39). The molecule has 202 valence electrons. The lowest BCUT2D eigenvalue weighted by atomic mass is 9.95. The molecule has 0 bridgehead atoms. The maximum Gasteiger partial charge on any atom is 0.226 e. The minimum Gasteiger partial charge on any atom is -0.451 e. The van der Waals surface area contributed by atoms with E-state index in [1.54, 1.807) is 0 Å². The van der Waals surface area contributed by atoms with Gasteiger partial charge in [0.15, 0.2) is 6.40 Å². The monoisotopic (exact) mass is 562 g/mol. The first kappa shape index (κ1) is 24.6. The number of hydrogen-bond donors (Lipinski definition) is 2. The normalized spacial score (nSPS) is 17.8. The van der Waals surface area contributed by atoms with Gasteiger partial charge in [-0.25, -0.2) is 0 Å². The van der Waals surface area contributed by atoms with E-state index in [0.29, 0.717) is 0 Å². The lowest BCUT2D eigenvalue weighted by Gasteiger charge is -2.25. The first-order chi connectivity index (χ1) is 20.8. The SMILES string of the molecule is C1=NNC(C2=CC(c3cccc(-c4cccc(-c5ccc6sc7ccccc7c6c5)c4)c3)N=C(c3ccccc3)N2)O1. The van der Waals surface area contributed by atoms with Gasteiger partial charge < -0.3 is 10.1 Å². The van der Waals surface area contributed by atoms with Crippen LogP contribution in [0.3, 0.4) is 0 Å². The van der Waals surface area contributed by atoms with Crippen molar-refractivity contribution in [3.8, 4) is 22.3 Å². The molecule has 2 aliphatic rings. The lowest BCUT2D eigenvalue weighted by molar-refractivity contribution is 0.226. The van der Waals surface area contributed by atoms with Gasteiger partial charge in [0.1, 0.15) is 5.84 Å².